The van der Waals surface area contributed by atoms with Gasteiger partial charge >= 0.3 is 0 Å². The van der Waals surface area contributed by atoms with Crippen molar-refractivity contribution in [1.29, 1.82) is 0 Å². The van der Waals surface area contributed by atoms with E-state index in [9.17, 15) is 4.39 Å². The first-order valence-electron chi connectivity index (χ1n) is 4.68. The molecular weight excluding hydrogens is 181 g/mol. The summed E-state index contributed by atoms with van der Waals surface area (Å²) in [6, 6.07) is 5.09. The number of likely N-dealkylation sites (N-methyl/N-ethyl adjacent to an activating group) is 1. The van der Waals surface area contributed by atoms with E-state index in [-0.39, 0.29) is 12.4 Å². The van der Waals surface area contributed by atoms with Gasteiger partial charge in [-0.15, -0.1) is 0 Å². The third kappa shape index (κ3) is 3.09. The maximum atomic E-state index is 12.9. The molecule has 0 amide bonds. The Labute approximate surface area is 84.0 Å². The number of aryl methyl sites for hydroxylation is 1. The number of hydrogen-bond donors (Lipinski definition) is 1. The number of benzene rings is 1. The van der Waals surface area contributed by atoms with Gasteiger partial charge in [-0.2, -0.15) is 0 Å². The van der Waals surface area contributed by atoms with Gasteiger partial charge in [0.05, 0.1) is 6.61 Å². The van der Waals surface area contributed by atoms with E-state index in [4.69, 9.17) is 5.11 Å². The average molecular weight is 197 g/mol. The second-order valence-electron chi connectivity index (χ2n) is 3.54. The van der Waals surface area contributed by atoms with Crippen LogP contribution in [-0.2, 0) is 6.54 Å². The number of aliphatic hydroxyl groups excluding tert-OH is 1. The van der Waals surface area contributed by atoms with Gasteiger partial charge < -0.3 is 5.11 Å². The fourth-order valence-electron chi connectivity index (χ4n) is 1.37. The van der Waals surface area contributed by atoms with Crippen LogP contribution in [0.2, 0.25) is 0 Å². The third-order valence-electron chi connectivity index (χ3n) is 2.16. The second-order valence-corrected chi connectivity index (χ2v) is 3.54. The topological polar surface area (TPSA) is 23.5 Å². The summed E-state index contributed by atoms with van der Waals surface area (Å²) >= 11 is 0. The molecule has 0 aliphatic heterocycles. The molecule has 0 heterocycles. The van der Waals surface area contributed by atoms with E-state index in [1.165, 1.54) is 6.07 Å². The summed E-state index contributed by atoms with van der Waals surface area (Å²) in [4.78, 5) is 1.99. The largest absolute Gasteiger partial charge is 0.395 e. The van der Waals surface area contributed by atoms with Gasteiger partial charge in [0.1, 0.15) is 5.82 Å². The average Bonchev–Trinajstić information content (AvgIpc) is 2.12. The van der Waals surface area contributed by atoms with E-state index < -0.39 is 0 Å². The first-order valence-corrected chi connectivity index (χ1v) is 4.68. The van der Waals surface area contributed by atoms with Crippen molar-refractivity contribution in [1.82, 2.24) is 4.90 Å². The molecule has 78 valence electrons. The Morgan fingerprint density at radius 2 is 2.14 bits per heavy atom. The minimum Gasteiger partial charge on any atom is -0.395 e. The Kier molecular flexibility index (Phi) is 4.04. The third-order valence-corrected chi connectivity index (χ3v) is 2.16. The minimum absolute atomic E-state index is 0.149. The molecule has 0 atom stereocenters. The number of nitrogens with zero attached hydrogens (tertiary/aromatic N) is 1. The summed E-state index contributed by atoms with van der Waals surface area (Å²) in [6.07, 6.45) is 0. The number of aliphatic hydroxyl groups is 1. The molecule has 14 heavy (non-hydrogen) atoms. The lowest BCUT2D eigenvalue weighted by atomic mass is 10.1. The van der Waals surface area contributed by atoms with Gasteiger partial charge in [-0.25, -0.2) is 4.39 Å². The minimum atomic E-state index is -0.168. The van der Waals surface area contributed by atoms with Crippen LogP contribution in [0.1, 0.15) is 11.1 Å². The van der Waals surface area contributed by atoms with E-state index in [0.717, 1.165) is 12.1 Å². The molecular formula is C11H16FNO. The van der Waals surface area contributed by atoms with Crippen molar-refractivity contribution in [2.45, 2.75) is 13.5 Å². The Hall–Kier alpha value is -0.930. The summed E-state index contributed by atoms with van der Waals surface area (Å²) in [6.45, 7) is 3.28. The molecule has 1 aromatic carbocycles. The zero-order valence-electron chi connectivity index (χ0n) is 8.63. The highest BCUT2D eigenvalue weighted by Gasteiger charge is 2.02. The maximum Gasteiger partial charge on any atom is 0.126 e. The Balaban J connectivity index is 2.63. The first-order chi connectivity index (χ1) is 6.63. The van der Waals surface area contributed by atoms with Crippen molar-refractivity contribution in [3.05, 3.63) is 35.1 Å². The lowest BCUT2D eigenvalue weighted by Crippen LogP contribution is -2.21. The Morgan fingerprint density at radius 1 is 1.43 bits per heavy atom. The molecule has 0 aliphatic carbocycles. The molecule has 0 radical (unpaired) electrons. The molecule has 2 nitrogen and oxygen atoms in total. The molecule has 1 N–H and O–H groups in total. The molecule has 3 heteroatoms. The van der Waals surface area contributed by atoms with Crippen LogP contribution in [-0.4, -0.2) is 30.2 Å². The van der Waals surface area contributed by atoms with Crippen molar-refractivity contribution in [3.8, 4) is 0 Å². The molecule has 1 aromatic rings. The summed E-state index contributed by atoms with van der Waals surface area (Å²) < 4.78 is 12.9. The molecule has 0 fully saturated rings. The predicted octanol–water partition coefficient (Wildman–Crippen LogP) is 1.56. The van der Waals surface area contributed by atoms with E-state index >= 15 is 0 Å². The van der Waals surface area contributed by atoms with Gasteiger partial charge in [-0.1, -0.05) is 12.1 Å². The van der Waals surface area contributed by atoms with Crippen LogP contribution in [0.15, 0.2) is 18.2 Å². The van der Waals surface area contributed by atoms with Crippen molar-refractivity contribution < 1.29 is 9.50 Å². The molecule has 0 spiro atoms. The van der Waals surface area contributed by atoms with E-state index in [0.29, 0.717) is 12.1 Å². The molecule has 0 saturated heterocycles. The highest BCUT2D eigenvalue weighted by Crippen LogP contribution is 2.10. The number of halogens is 1. The van der Waals surface area contributed by atoms with Gasteiger partial charge in [-0.3, -0.25) is 4.90 Å². The van der Waals surface area contributed by atoms with Gasteiger partial charge in [0.25, 0.3) is 0 Å². The summed E-state index contributed by atoms with van der Waals surface area (Å²) in [5, 5.41) is 8.71. The van der Waals surface area contributed by atoms with Crippen molar-refractivity contribution in [3.63, 3.8) is 0 Å². The predicted molar refractivity (Wildman–Crippen MR) is 54.6 cm³/mol. The maximum absolute atomic E-state index is 12.9. The van der Waals surface area contributed by atoms with E-state index in [2.05, 4.69) is 0 Å². The van der Waals surface area contributed by atoms with Crippen molar-refractivity contribution in [2.24, 2.45) is 0 Å². The van der Waals surface area contributed by atoms with Crippen LogP contribution in [0, 0.1) is 12.7 Å². The summed E-state index contributed by atoms with van der Waals surface area (Å²) in [5.74, 6) is -0.168. The smallest absolute Gasteiger partial charge is 0.126 e. The van der Waals surface area contributed by atoms with Crippen molar-refractivity contribution in [2.75, 3.05) is 20.2 Å². The highest BCUT2D eigenvalue weighted by atomic mass is 19.1. The standard InChI is InChI=1S/C11H16FNO/c1-9-7-10(3-4-11(9)12)8-13(2)5-6-14/h3-4,7,14H,5-6,8H2,1-2H3. The van der Waals surface area contributed by atoms with Crippen LogP contribution >= 0.6 is 0 Å². The van der Waals surface area contributed by atoms with Gasteiger partial charge in [0.15, 0.2) is 0 Å². The molecule has 1 rings (SSSR count). The van der Waals surface area contributed by atoms with Crippen LogP contribution in [0.4, 0.5) is 4.39 Å². The normalized spacial score (nSPS) is 10.9. The fourth-order valence-corrected chi connectivity index (χ4v) is 1.37. The summed E-state index contributed by atoms with van der Waals surface area (Å²) in [7, 11) is 1.93. The molecule has 0 saturated carbocycles. The monoisotopic (exact) mass is 197 g/mol. The first kappa shape index (κ1) is 11.1. The van der Waals surface area contributed by atoms with Crippen LogP contribution in [0.3, 0.4) is 0 Å². The number of rotatable bonds is 4. The lowest BCUT2D eigenvalue weighted by molar-refractivity contribution is 0.217. The Morgan fingerprint density at radius 3 is 2.71 bits per heavy atom. The molecule has 0 unspecified atom stereocenters. The number of hydrogen-bond acceptors (Lipinski definition) is 2. The van der Waals surface area contributed by atoms with Gasteiger partial charge in [-0.05, 0) is 31.2 Å². The zero-order chi connectivity index (χ0) is 10.6. The zero-order valence-corrected chi connectivity index (χ0v) is 8.63. The second kappa shape index (κ2) is 5.08. The molecule has 0 aromatic heterocycles. The van der Waals surface area contributed by atoms with Gasteiger partial charge in [0, 0.05) is 13.1 Å². The Bertz CT molecular complexity index is 301. The van der Waals surface area contributed by atoms with Crippen LogP contribution in [0.25, 0.3) is 0 Å². The van der Waals surface area contributed by atoms with Gasteiger partial charge in [0.2, 0.25) is 0 Å². The highest BCUT2D eigenvalue weighted by molar-refractivity contribution is 5.23. The SMILES string of the molecule is Cc1cc(CN(C)CCO)ccc1F. The van der Waals surface area contributed by atoms with Crippen molar-refractivity contribution >= 4 is 0 Å². The van der Waals surface area contributed by atoms with E-state index in [1.54, 1.807) is 13.0 Å². The fraction of sp³-hybridized carbons (Fsp3) is 0.455. The van der Waals surface area contributed by atoms with Crippen LogP contribution in [0.5, 0.6) is 0 Å². The molecule has 0 aliphatic rings. The molecule has 0 bridgehead atoms. The van der Waals surface area contributed by atoms with E-state index in [1.807, 2.05) is 18.0 Å². The van der Waals surface area contributed by atoms with Crippen LogP contribution < -0.4 is 0 Å². The quantitative estimate of drug-likeness (QED) is 0.791. The summed E-state index contributed by atoms with van der Waals surface area (Å²) in [5.41, 5.74) is 1.74. The lowest BCUT2D eigenvalue weighted by Gasteiger charge is -2.15.